The summed E-state index contributed by atoms with van der Waals surface area (Å²) in [4.78, 5) is 9.86. The van der Waals surface area contributed by atoms with Crippen LogP contribution < -0.4 is 0 Å². The molecule has 0 heterocycles. The Labute approximate surface area is 69.9 Å². The van der Waals surface area contributed by atoms with Crippen LogP contribution in [-0.4, -0.2) is 20.1 Å². The standard InChI is InChI=1S/C8H15BO2/c1-7(5-9)6-10-11-8(2,3)4/h1,5-6H2,2-4H3. The molecule has 0 spiro atoms. The summed E-state index contributed by atoms with van der Waals surface area (Å²) >= 11 is 0. The molecule has 0 aromatic carbocycles. The number of hydrogen-bond acceptors (Lipinski definition) is 2. The fourth-order valence-corrected chi connectivity index (χ4v) is 0.348. The minimum atomic E-state index is -0.269. The van der Waals surface area contributed by atoms with Gasteiger partial charge < -0.3 is 0 Å². The van der Waals surface area contributed by atoms with Gasteiger partial charge in [-0.1, -0.05) is 18.5 Å². The van der Waals surface area contributed by atoms with Crippen LogP contribution in [0.3, 0.4) is 0 Å². The normalized spacial score (nSPS) is 11.5. The van der Waals surface area contributed by atoms with Crippen molar-refractivity contribution < 1.29 is 9.78 Å². The third kappa shape index (κ3) is 7.62. The summed E-state index contributed by atoms with van der Waals surface area (Å²) in [7, 11) is 5.29. The molecule has 0 aliphatic carbocycles. The van der Waals surface area contributed by atoms with E-state index in [1.165, 1.54) is 0 Å². The van der Waals surface area contributed by atoms with Crippen molar-refractivity contribution in [3.05, 3.63) is 12.2 Å². The molecular weight excluding hydrogens is 139 g/mol. The van der Waals surface area contributed by atoms with Crippen molar-refractivity contribution in [1.82, 2.24) is 0 Å². The van der Waals surface area contributed by atoms with E-state index in [1.54, 1.807) is 0 Å². The van der Waals surface area contributed by atoms with Crippen LogP contribution in [0.5, 0.6) is 0 Å². The second-order valence-electron chi connectivity index (χ2n) is 3.41. The fourth-order valence-electron chi connectivity index (χ4n) is 0.348. The molecule has 0 aliphatic rings. The molecule has 0 fully saturated rings. The van der Waals surface area contributed by atoms with Crippen molar-refractivity contribution in [2.75, 3.05) is 6.61 Å². The van der Waals surface area contributed by atoms with E-state index >= 15 is 0 Å². The van der Waals surface area contributed by atoms with Gasteiger partial charge in [0.1, 0.15) is 6.61 Å². The van der Waals surface area contributed by atoms with Gasteiger partial charge in [0, 0.05) is 0 Å². The van der Waals surface area contributed by atoms with Crippen molar-refractivity contribution >= 4 is 7.85 Å². The van der Waals surface area contributed by atoms with E-state index in [9.17, 15) is 0 Å². The highest BCUT2D eigenvalue weighted by molar-refractivity contribution is 6.10. The highest BCUT2D eigenvalue weighted by Crippen LogP contribution is 2.08. The van der Waals surface area contributed by atoms with Gasteiger partial charge in [0.05, 0.1) is 13.4 Å². The quantitative estimate of drug-likeness (QED) is 0.266. The summed E-state index contributed by atoms with van der Waals surface area (Å²) < 4.78 is 0. The zero-order valence-electron chi connectivity index (χ0n) is 7.52. The lowest BCUT2D eigenvalue weighted by Crippen LogP contribution is -2.19. The molecule has 11 heavy (non-hydrogen) atoms. The largest absolute Gasteiger partial charge is 0.232 e. The van der Waals surface area contributed by atoms with Gasteiger partial charge in [-0.2, -0.15) is 0 Å². The third-order valence-electron chi connectivity index (χ3n) is 0.861. The smallest absolute Gasteiger partial charge is 0.102 e. The lowest BCUT2D eigenvalue weighted by molar-refractivity contribution is -0.343. The van der Waals surface area contributed by atoms with Crippen molar-refractivity contribution in [2.45, 2.75) is 32.7 Å². The SMILES string of the molecule is [B]CC(=C)COOC(C)(C)C. The maximum atomic E-state index is 5.29. The van der Waals surface area contributed by atoms with Crippen LogP contribution >= 0.6 is 0 Å². The van der Waals surface area contributed by atoms with E-state index in [1.807, 2.05) is 20.8 Å². The first kappa shape index (κ1) is 10.7. The van der Waals surface area contributed by atoms with E-state index in [4.69, 9.17) is 17.6 Å². The molecule has 0 rings (SSSR count). The lowest BCUT2D eigenvalue weighted by atomic mass is 9.99. The van der Waals surface area contributed by atoms with Crippen LogP contribution in [0, 0.1) is 0 Å². The maximum absolute atomic E-state index is 5.29. The molecule has 2 radical (unpaired) electrons. The van der Waals surface area contributed by atoms with Crippen LogP contribution in [0.2, 0.25) is 6.32 Å². The Kier molecular flexibility index (Phi) is 4.46. The van der Waals surface area contributed by atoms with E-state index < -0.39 is 0 Å². The second-order valence-corrected chi connectivity index (χ2v) is 3.41. The van der Waals surface area contributed by atoms with Gasteiger partial charge in [0.15, 0.2) is 0 Å². The Hall–Kier alpha value is -0.275. The van der Waals surface area contributed by atoms with Crippen molar-refractivity contribution in [3.8, 4) is 0 Å². The molecule has 0 saturated heterocycles. The van der Waals surface area contributed by atoms with Crippen LogP contribution in [-0.2, 0) is 9.78 Å². The molecule has 0 aliphatic heterocycles. The van der Waals surface area contributed by atoms with E-state index in [0.29, 0.717) is 12.9 Å². The molecule has 0 N–H and O–H groups in total. The van der Waals surface area contributed by atoms with Crippen molar-refractivity contribution in [3.63, 3.8) is 0 Å². The van der Waals surface area contributed by atoms with Crippen LogP contribution in [0.25, 0.3) is 0 Å². The summed E-state index contributed by atoms with van der Waals surface area (Å²) in [5.74, 6) is 0. The zero-order chi connectivity index (χ0) is 8.91. The maximum Gasteiger partial charge on any atom is 0.102 e. The second kappa shape index (κ2) is 4.57. The molecular formula is C8H15BO2. The van der Waals surface area contributed by atoms with Gasteiger partial charge in [0.2, 0.25) is 0 Å². The van der Waals surface area contributed by atoms with Gasteiger partial charge >= 0.3 is 0 Å². The minimum absolute atomic E-state index is 0.269. The minimum Gasteiger partial charge on any atom is -0.232 e. The Morgan fingerprint density at radius 1 is 1.45 bits per heavy atom. The highest BCUT2D eigenvalue weighted by Gasteiger charge is 2.10. The lowest BCUT2D eigenvalue weighted by Gasteiger charge is -2.17. The first-order chi connectivity index (χ1) is 4.95. The topological polar surface area (TPSA) is 18.5 Å². The van der Waals surface area contributed by atoms with E-state index in [0.717, 1.165) is 5.57 Å². The average Bonchev–Trinajstić information content (AvgIpc) is 1.85. The van der Waals surface area contributed by atoms with Crippen LogP contribution in [0.4, 0.5) is 0 Å². The first-order valence-corrected chi connectivity index (χ1v) is 3.63. The summed E-state index contributed by atoms with van der Waals surface area (Å²) in [6, 6.07) is 0. The van der Waals surface area contributed by atoms with E-state index in [2.05, 4.69) is 6.58 Å². The monoisotopic (exact) mass is 154 g/mol. The van der Waals surface area contributed by atoms with Gasteiger partial charge in [-0.05, 0) is 20.8 Å². The number of hydrogen-bond donors (Lipinski definition) is 0. The average molecular weight is 154 g/mol. The van der Waals surface area contributed by atoms with Crippen LogP contribution in [0.15, 0.2) is 12.2 Å². The van der Waals surface area contributed by atoms with Crippen molar-refractivity contribution in [1.29, 1.82) is 0 Å². The van der Waals surface area contributed by atoms with Gasteiger partial charge in [-0.15, -0.1) is 0 Å². The fraction of sp³-hybridized carbons (Fsp3) is 0.750. The third-order valence-corrected chi connectivity index (χ3v) is 0.861. The van der Waals surface area contributed by atoms with Gasteiger partial charge in [-0.3, -0.25) is 0 Å². The van der Waals surface area contributed by atoms with E-state index in [-0.39, 0.29) is 5.60 Å². The van der Waals surface area contributed by atoms with Crippen LogP contribution in [0.1, 0.15) is 20.8 Å². The molecule has 0 aromatic rings. The summed E-state index contributed by atoms with van der Waals surface area (Å²) in [6.45, 7) is 9.78. The summed E-state index contributed by atoms with van der Waals surface area (Å²) in [5, 5.41) is 0. The molecule has 0 atom stereocenters. The first-order valence-electron chi connectivity index (χ1n) is 3.63. The molecule has 2 nitrogen and oxygen atoms in total. The Morgan fingerprint density at radius 3 is 2.36 bits per heavy atom. The Morgan fingerprint density at radius 2 is 2.00 bits per heavy atom. The summed E-state index contributed by atoms with van der Waals surface area (Å²) in [5.41, 5.74) is 0.559. The zero-order valence-corrected chi connectivity index (χ0v) is 7.52. The Bertz CT molecular complexity index is 127. The Balaban J connectivity index is 3.35. The predicted molar refractivity (Wildman–Crippen MR) is 46.5 cm³/mol. The molecule has 0 bridgehead atoms. The summed E-state index contributed by atoms with van der Waals surface area (Å²) in [6.07, 6.45) is 0.438. The molecule has 0 amide bonds. The predicted octanol–water partition coefficient (Wildman–Crippen LogP) is 1.88. The molecule has 0 aromatic heterocycles. The highest BCUT2D eigenvalue weighted by atomic mass is 17.2. The molecule has 3 heteroatoms. The number of rotatable bonds is 4. The van der Waals surface area contributed by atoms with Gasteiger partial charge in [0.25, 0.3) is 0 Å². The molecule has 62 valence electrons. The molecule has 0 unspecified atom stereocenters. The van der Waals surface area contributed by atoms with Crippen molar-refractivity contribution in [2.24, 2.45) is 0 Å². The molecule has 0 saturated carbocycles. The van der Waals surface area contributed by atoms with Gasteiger partial charge in [-0.25, -0.2) is 9.78 Å².